The molecule has 0 unspecified atom stereocenters. The summed E-state index contributed by atoms with van der Waals surface area (Å²) in [6.45, 7) is 1.41. The fourth-order valence-corrected chi connectivity index (χ4v) is 2.79. The predicted molar refractivity (Wildman–Crippen MR) is 97.2 cm³/mol. The molecule has 1 aliphatic rings. The first-order chi connectivity index (χ1) is 13.4. The van der Waals surface area contributed by atoms with Crippen LogP contribution in [-0.2, 0) is 11.3 Å². The Kier molecular flexibility index (Phi) is 6.08. The summed E-state index contributed by atoms with van der Waals surface area (Å²) < 4.78 is 37.5. The number of rotatable bonds is 6. The van der Waals surface area contributed by atoms with Crippen LogP contribution in [0.4, 0.5) is 8.78 Å². The van der Waals surface area contributed by atoms with Crippen molar-refractivity contribution in [3.63, 3.8) is 0 Å². The number of carbonyl (C=O) groups is 2. The van der Waals surface area contributed by atoms with Crippen LogP contribution in [-0.4, -0.2) is 43.5 Å². The average molecular weight is 390 g/mol. The Morgan fingerprint density at radius 3 is 2.57 bits per heavy atom. The van der Waals surface area contributed by atoms with Gasteiger partial charge in [0, 0.05) is 32.6 Å². The molecule has 148 valence electrons. The van der Waals surface area contributed by atoms with Crippen LogP contribution in [0.2, 0.25) is 0 Å². The minimum Gasteiger partial charge on any atom is -0.486 e. The summed E-state index contributed by atoms with van der Waals surface area (Å²) in [7, 11) is 1.65. The van der Waals surface area contributed by atoms with Gasteiger partial charge in [0.1, 0.15) is 24.8 Å². The molecule has 2 aromatic rings. The fraction of sp³-hybridized carbons (Fsp3) is 0.300. The summed E-state index contributed by atoms with van der Waals surface area (Å²) in [5, 5.41) is 2.46. The van der Waals surface area contributed by atoms with Crippen molar-refractivity contribution in [3.05, 3.63) is 59.2 Å². The third kappa shape index (κ3) is 4.76. The standard InChI is InChI=1S/C20H20F2N2O4/c1-24(12-13-2-5-17-18(10-13)28-9-8-27-17)19(25)6-7-23-20(26)15-4-3-14(21)11-16(15)22/h2-5,10-11H,6-9,12H2,1H3,(H,23,26). The summed E-state index contributed by atoms with van der Waals surface area (Å²) in [5.74, 6) is -1.25. The van der Waals surface area contributed by atoms with Crippen LogP contribution in [0.1, 0.15) is 22.3 Å². The lowest BCUT2D eigenvalue weighted by Gasteiger charge is -2.21. The Balaban J connectivity index is 1.48. The van der Waals surface area contributed by atoms with Gasteiger partial charge in [0.15, 0.2) is 11.5 Å². The van der Waals surface area contributed by atoms with E-state index < -0.39 is 17.5 Å². The van der Waals surface area contributed by atoms with E-state index in [1.54, 1.807) is 13.1 Å². The molecule has 0 fully saturated rings. The van der Waals surface area contributed by atoms with E-state index >= 15 is 0 Å². The van der Waals surface area contributed by atoms with E-state index in [0.29, 0.717) is 37.3 Å². The van der Waals surface area contributed by atoms with Crippen molar-refractivity contribution >= 4 is 11.8 Å². The third-order valence-electron chi connectivity index (χ3n) is 4.25. The quantitative estimate of drug-likeness (QED) is 0.823. The molecule has 0 radical (unpaired) electrons. The number of ether oxygens (including phenoxy) is 2. The summed E-state index contributed by atoms with van der Waals surface area (Å²) in [5.41, 5.74) is 0.621. The van der Waals surface area contributed by atoms with Crippen LogP contribution in [0, 0.1) is 11.6 Å². The molecule has 8 heteroatoms. The van der Waals surface area contributed by atoms with E-state index in [4.69, 9.17) is 9.47 Å². The summed E-state index contributed by atoms with van der Waals surface area (Å²) in [6, 6.07) is 8.20. The molecular weight excluding hydrogens is 370 g/mol. The number of fused-ring (bicyclic) bond motifs is 1. The number of nitrogens with zero attached hydrogens (tertiary/aromatic N) is 1. The maximum atomic E-state index is 13.6. The Labute approximate surface area is 161 Å². The second-order valence-corrected chi connectivity index (χ2v) is 6.36. The third-order valence-corrected chi connectivity index (χ3v) is 4.25. The molecule has 0 aromatic heterocycles. The second-order valence-electron chi connectivity index (χ2n) is 6.36. The minimum atomic E-state index is -0.945. The zero-order valence-electron chi connectivity index (χ0n) is 15.3. The van der Waals surface area contributed by atoms with E-state index in [1.165, 1.54) is 4.90 Å². The first-order valence-corrected chi connectivity index (χ1v) is 8.80. The van der Waals surface area contributed by atoms with E-state index in [2.05, 4.69) is 5.32 Å². The van der Waals surface area contributed by atoms with Crippen molar-refractivity contribution in [1.82, 2.24) is 10.2 Å². The van der Waals surface area contributed by atoms with Crippen LogP contribution < -0.4 is 14.8 Å². The number of amides is 2. The first kappa shape index (κ1) is 19.6. The monoisotopic (exact) mass is 390 g/mol. The number of nitrogens with one attached hydrogen (secondary N) is 1. The maximum Gasteiger partial charge on any atom is 0.254 e. The van der Waals surface area contributed by atoms with Gasteiger partial charge < -0.3 is 19.7 Å². The van der Waals surface area contributed by atoms with Crippen molar-refractivity contribution in [3.8, 4) is 11.5 Å². The summed E-state index contributed by atoms with van der Waals surface area (Å²) in [4.78, 5) is 25.7. The van der Waals surface area contributed by atoms with Gasteiger partial charge in [-0.25, -0.2) is 8.78 Å². The normalized spacial score (nSPS) is 12.4. The molecule has 0 spiro atoms. The van der Waals surface area contributed by atoms with Gasteiger partial charge in [-0.1, -0.05) is 6.07 Å². The first-order valence-electron chi connectivity index (χ1n) is 8.80. The highest BCUT2D eigenvalue weighted by Crippen LogP contribution is 2.31. The molecule has 1 aliphatic heterocycles. The number of benzene rings is 2. The van der Waals surface area contributed by atoms with Gasteiger partial charge in [0.25, 0.3) is 5.91 Å². The van der Waals surface area contributed by atoms with Crippen LogP contribution in [0.15, 0.2) is 36.4 Å². The topological polar surface area (TPSA) is 67.9 Å². The van der Waals surface area contributed by atoms with Crippen molar-refractivity contribution < 1.29 is 27.8 Å². The highest BCUT2D eigenvalue weighted by atomic mass is 19.1. The predicted octanol–water partition coefficient (Wildman–Crippen LogP) is 2.51. The van der Waals surface area contributed by atoms with Crippen molar-refractivity contribution in [2.24, 2.45) is 0 Å². The molecule has 2 aromatic carbocycles. The van der Waals surface area contributed by atoms with Crippen LogP contribution in [0.3, 0.4) is 0 Å². The molecule has 0 aliphatic carbocycles. The van der Waals surface area contributed by atoms with Gasteiger partial charge in [-0.05, 0) is 29.8 Å². The van der Waals surface area contributed by atoms with Gasteiger partial charge in [0.05, 0.1) is 5.56 Å². The zero-order chi connectivity index (χ0) is 20.1. The molecule has 1 N–H and O–H groups in total. The zero-order valence-corrected chi connectivity index (χ0v) is 15.3. The van der Waals surface area contributed by atoms with Crippen LogP contribution in [0.5, 0.6) is 11.5 Å². The van der Waals surface area contributed by atoms with E-state index in [0.717, 1.165) is 17.7 Å². The Morgan fingerprint density at radius 1 is 1.07 bits per heavy atom. The largest absolute Gasteiger partial charge is 0.486 e. The number of hydrogen-bond acceptors (Lipinski definition) is 4. The SMILES string of the molecule is CN(Cc1ccc2c(c1)OCCO2)C(=O)CCNC(=O)c1ccc(F)cc1F. The Hall–Kier alpha value is -3.16. The van der Waals surface area contributed by atoms with Crippen LogP contribution >= 0.6 is 0 Å². The molecule has 28 heavy (non-hydrogen) atoms. The van der Waals surface area contributed by atoms with Gasteiger partial charge in [-0.15, -0.1) is 0 Å². The number of halogens is 2. The lowest BCUT2D eigenvalue weighted by atomic mass is 10.1. The minimum absolute atomic E-state index is 0.0416. The molecule has 3 rings (SSSR count). The van der Waals surface area contributed by atoms with Gasteiger partial charge in [-0.2, -0.15) is 0 Å². The summed E-state index contributed by atoms with van der Waals surface area (Å²) in [6.07, 6.45) is 0.0512. The Bertz CT molecular complexity index is 889. The highest BCUT2D eigenvalue weighted by molar-refractivity contribution is 5.94. The van der Waals surface area contributed by atoms with Gasteiger partial charge in [0.2, 0.25) is 5.91 Å². The smallest absolute Gasteiger partial charge is 0.254 e. The molecule has 0 bridgehead atoms. The molecule has 2 amide bonds. The fourth-order valence-electron chi connectivity index (χ4n) is 2.79. The maximum absolute atomic E-state index is 13.6. The van der Waals surface area contributed by atoms with Crippen molar-refractivity contribution in [2.45, 2.75) is 13.0 Å². The second kappa shape index (κ2) is 8.69. The molecule has 0 saturated carbocycles. The molecule has 1 heterocycles. The molecule has 0 saturated heterocycles. The molecule has 6 nitrogen and oxygen atoms in total. The van der Waals surface area contributed by atoms with Gasteiger partial charge >= 0.3 is 0 Å². The number of carbonyl (C=O) groups excluding carboxylic acids is 2. The van der Waals surface area contributed by atoms with E-state index in [9.17, 15) is 18.4 Å². The summed E-state index contributed by atoms with van der Waals surface area (Å²) >= 11 is 0. The van der Waals surface area contributed by atoms with Gasteiger partial charge in [-0.3, -0.25) is 9.59 Å². The lowest BCUT2D eigenvalue weighted by Crippen LogP contribution is -2.32. The highest BCUT2D eigenvalue weighted by Gasteiger charge is 2.16. The number of hydrogen-bond donors (Lipinski definition) is 1. The van der Waals surface area contributed by atoms with Crippen molar-refractivity contribution in [2.75, 3.05) is 26.8 Å². The van der Waals surface area contributed by atoms with E-state index in [1.807, 2.05) is 12.1 Å². The Morgan fingerprint density at radius 2 is 1.82 bits per heavy atom. The molecule has 0 atom stereocenters. The van der Waals surface area contributed by atoms with Crippen LogP contribution in [0.25, 0.3) is 0 Å². The molecular formula is C20H20F2N2O4. The van der Waals surface area contributed by atoms with E-state index in [-0.39, 0.29) is 24.4 Å². The lowest BCUT2D eigenvalue weighted by molar-refractivity contribution is -0.130. The van der Waals surface area contributed by atoms with Crippen molar-refractivity contribution in [1.29, 1.82) is 0 Å². The average Bonchev–Trinajstić information content (AvgIpc) is 2.67.